The lowest BCUT2D eigenvalue weighted by Gasteiger charge is -2.19. The van der Waals surface area contributed by atoms with Gasteiger partial charge >= 0.3 is 0 Å². The lowest BCUT2D eigenvalue weighted by molar-refractivity contribution is 0.0991. The van der Waals surface area contributed by atoms with Crippen LogP contribution in [0.5, 0.6) is 0 Å². The van der Waals surface area contributed by atoms with Crippen LogP contribution in [0.15, 0.2) is 55.2 Å². The molecule has 0 saturated carbocycles. The highest BCUT2D eigenvalue weighted by atomic mass is 19.1. The number of carbonyl (C=O) groups excluding carboxylic acids is 1. The summed E-state index contributed by atoms with van der Waals surface area (Å²) in [5.74, 6) is 1.74. The van der Waals surface area contributed by atoms with Crippen LogP contribution in [0, 0.1) is 18.2 Å². The summed E-state index contributed by atoms with van der Waals surface area (Å²) in [6.07, 6.45) is 11.5. The number of Topliss-reactive ketones (excluding diaryl/α,β-unsaturated/α-hetero) is 1. The van der Waals surface area contributed by atoms with Crippen molar-refractivity contribution in [3.63, 3.8) is 0 Å². The molecule has 128 valence electrons. The maximum absolute atomic E-state index is 14.1. The largest absolute Gasteiger partial charge is 0.342 e. The monoisotopic (exact) mass is 346 g/mol. The van der Waals surface area contributed by atoms with Crippen LogP contribution in [0.2, 0.25) is 0 Å². The summed E-state index contributed by atoms with van der Waals surface area (Å²) >= 11 is 0. The van der Waals surface area contributed by atoms with E-state index in [9.17, 15) is 9.18 Å². The third kappa shape index (κ3) is 3.90. The van der Waals surface area contributed by atoms with Gasteiger partial charge < -0.3 is 4.90 Å². The average Bonchev–Trinajstić information content (AvgIpc) is 2.68. The van der Waals surface area contributed by atoms with E-state index in [1.165, 1.54) is 24.7 Å². The van der Waals surface area contributed by atoms with E-state index >= 15 is 0 Å². The number of rotatable bonds is 5. The number of halogens is 1. The SMILES string of the molecule is C#Cc1ccc(CC(=O)c2cc(F)cc(N(C)c3cncnc3)c2)nc1. The van der Waals surface area contributed by atoms with Crippen LogP contribution >= 0.6 is 0 Å². The zero-order valence-electron chi connectivity index (χ0n) is 14.1. The zero-order chi connectivity index (χ0) is 18.5. The van der Waals surface area contributed by atoms with Gasteiger partial charge in [-0.15, -0.1) is 6.42 Å². The number of benzene rings is 1. The molecule has 2 aromatic heterocycles. The number of terminal acetylenes is 1. The van der Waals surface area contributed by atoms with Gasteiger partial charge in [-0.2, -0.15) is 0 Å². The quantitative estimate of drug-likeness (QED) is 0.524. The molecule has 0 spiro atoms. The number of anilines is 2. The first-order chi connectivity index (χ1) is 12.6. The summed E-state index contributed by atoms with van der Waals surface area (Å²) in [7, 11) is 1.75. The Labute approximate surface area is 150 Å². The summed E-state index contributed by atoms with van der Waals surface area (Å²) in [5.41, 5.74) is 2.69. The van der Waals surface area contributed by atoms with Crippen LogP contribution in [0.25, 0.3) is 0 Å². The molecular weight excluding hydrogens is 331 g/mol. The second-order valence-electron chi connectivity index (χ2n) is 5.64. The van der Waals surface area contributed by atoms with Crippen LogP contribution in [-0.4, -0.2) is 27.8 Å². The van der Waals surface area contributed by atoms with E-state index in [4.69, 9.17) is 6.42 Å². The first-order valence-electron chi connectivity index (χ1n) is 7.81. The van der Waals surface area contributed by atoms with Crippen LogP contribution in [-0.2, 0) is 6.42 Å². The number of hydrogen-bond donors (Lipinski definition) is 0. The summed E-state index contributed by atoms with van der Waals surface area (Å²) in [5, 5.41) is 0. The van der Waals surface area contributed by atoms with E-state index in [0.29, 0.717) is 22.6 Å². The summed E-state index contributed by atoms with van der Waals surface area (Å²) in [4.78, 5) is 26.3. The molecule has 0 saturated heterocycles. The van der Waals surface area contributed by atoms with Gasteiger partial charge in [-0.3, -0.25) is 9.78 Å². The van der Waals surface area contributed by atoms with Gasteiger partial charge in [-0.1, -0.05) is 5.92 Å². The van der Waals surface area contributed by atoms with E-state index < -0.39 is 5.82 Å². The predicted molar refractivity (Wildman–Crippen MR) is 96.7 cm³/mol. The molecule has 0 radical (unpaired) electrons. The topological polar surface area (TPSA) is 59.0 Å². The van der Waals surface area contributed by atoms with Crippen LogP contribution < -0.4 is 4.90 Å². The second-order valence-corrected chi connectivity index (χ2v) is 5.64. The van der Waals surface area contributed by atoms with Crippen LogP contribution in [0.1, 0.15) is 21.6 Å². The normalized spacial score (nSPS) is 10.2. The minimum atomic E-state index is -0.495. The minimum absolute atomic E-state index is 0.0614. The molecule has 0 N–H and O–H groups in total. The van der Waals surface area contributed by atoms with Crippen molar-refractivity contribution in [2.75, 3.05) is 11.9 Å². The Bertz CT molecular complexity index is 965. The van der Waals surface area contributed by atoms with Gasteiger partial charge in [0, 0.05) is 35.8 Å². The van der Waals surface area contributed by atoms with Crippen molar-refractivity contribution < 1.29 is 9.18 Å². The van der Waals surface area contributed by atoms with Crippen LogP contribution in [0.3, 0.4) is 0 Å². The van der Waals surface area contributed by atoms with Gasteiger partial charge in [0.25, 0.3) is 0 Å². The number of carbonyl (C=O) groups is 1. The summed E-state index contributed by atoms with van der Waals surface area (Å²) < 4.78 is 14.1. The number of hydrogen-bond acceptors (Lipinski definition) is 5. The zero-order valence-corrected chi connectivity index (χ0v) is 14.1. The highest BCUT2D eigenvalue weighted by Gasteiger charge is 2.13. The van der Waals surface area contributed by atoms with Crippen molar-refractivity contribution in [1.29, 1.82) is 0 Å². The minimum Gasteiger partial charge on any atom is -0.342 e. The third-order valence-corrected chi connectivity index (χ3v) is 3.86. The molecule has 0 bridgehead atoms. The molecule has 0 unspecified atom stereocenters. The van der Waals surface area contributed by atoms with E-state index in [0.717, 1.165) is 0 Å². The number of nitrogens with zero attached hydrogens (tertiary/aromatic N) is 4. The molecular formula is C20H15FN4O. The van der Waals surface area contributed by atoms with Gasteiger partial charge in [0.2, 0.25) is 0 Å². The fraction of sp³-hybridized carbons (Fsp3) is 0.100. The fourth-order valence-electron chi connectivity index (χ4n) is 2.42. The Morgan fingerprint density at radius 1 is 1.15 bits per heavy atom. The van der Waals surface area contributed by atoms with Crippen molar-refractivity contribution in [1.82, 2.24) is 15.0 Å². The lowest BCUT2D eigenvalue weighted by atomic mass is 10.0. The van der Waals surface area contributed by atoms with Gasteiger partial charge in [0.15, 0.2) is 5.78 Å². The Kier molecular flexibility index (Phi) is 4.99. The predicted octanol–water partition coefficient (Wildman–Crippen LogP) is 3.19. The fourth-order valence-corrected chi connectivity index (χ4v) is 2.42. The van der Waals surface area contributed by atoms with Crippen molar-refractivity contribution in [2.24, 2.45) is 0 Å². The molecule has 6 heteroatoms. The molecule has 0 aliphatic heterocycles. The van der Waals surface area contributed by atoms with Crippen molar-refractivity contribution in [2.45, 2.75) is 6.42 Å². The highest BCUT2D eigenvalue weighted by molar-refractivity contribution is 5.98. The Morgan fingerprint density at radius 2 is 1.92 bits per heavy atom. The highest BCUT2D eigenvalue weighted by Crippen LogP contribution is 2.25. The number of pyridine rings is 1. The molecule has 1 aromatic carbocycles. The third-order valence-electron chi connectivity index (χ3n) is 3.86. The van der Waals surface area contributed by atoms with Crippen molar-refractivity contribution in [3.05, 3.63) is 77.9 Å². The molecule has 2 heterocycles. The molecule has 0 aliphatic rings. The maximum atomic E-state index is 14.1. The van der Waals surface area contributed by atoms with Gasteiger partial charge in [0.05, 0.1) is 24.5 Å². The molecule has 0 fully saturated rings. The summed E-state index contributed by atoms with van der Waals surface area (Å²) in [6, 6.07) is 7.62. The van der Waals surface area contributed by atoms with Crippen LogP contribution in [0.4, 0.5) is 15.8 Å². The first-order valence-corrected chi connectivity index (χ1v) is 7.81. The van der Waals surface area contributed by atoms with E-state index in [2.05, 4.69) is 20.9 Å². The molecule has 0 amide bonds. The second kappa shape index (κ2) is 7.53. The molecule has 5 nitrogen and oxygen atoms in total. The van der Waals surface area contributed by atoms with Gasteiger partial charge in [0.1, 0.15) is 12.1 Å². The average molecular weight is 346 g/mol. The molecule has 26 heavy (non-hydrogen) atoms. The molecule has 3 rings (SSSR count). The lowest BCUT2D eigenvalue weighted by Crippen LogP contribution is -2.12. The molecule has 3 aromatic rings. The Hall–Kier alpha value is -3.59. The van der Waals surface area contributed by atoms with Crippen molar-refractivity contribution in [3.8, 4) is 12.3 Å². The molecule has 0 atom stereocenters. The Balaban J connectivity index is 1.84. The van der Waals surface area contributed by atoms with E-state index in [1.807, 2.05) is 0 Å². The molecule has 0 aliphatic carbocycles. The van der Waals surface area contributed by atoms with E-state index in [1.54, 1.807) is 42.5 Å². The maximum Gasteiger partial charge on any atom is 0.168 e. The number of aromatic nitrogens is 3. The van der Waals surface area contributed by atoms with Crippen molar-refractivity contribution >= 4 is 17.2 Å². The van der Waals surface area contributed by atoms with Gasteiger partial charge in [-0.05, 0) is 30.3 Å². The smallest absolute Gasteiger partial charge is 0.168 e. The van der Waals surface area contributed by atoms with Gasteiger partial charge in [-0.25, -0.2) is 14.4 Å². The summed E-state index contributed by atoms with van der Waals surface area (Å²) in [6.45, 7) is 0. The number of ketones is 1. The Morgan fingerprint density at radius 3 is 2.58 bits per heavy atom. The van der Waals surface area contributed by atoms with E-state index in [-0.39, 0.29) is 17.8 Å². The first kappa shape index (κ1) is 17.2. The standard InChI is InChI=1S/C20H15FN4O/c1-3-14-4-5-17(24-10-14)9-20(26)15-6-16(21)8-18(7-15)25(2)19-11-22-13-23-12-19/h1,4-8,10-13H,9H2,2H3.